The highest BCUT2D eigenvalue weighted by Crippen LogP contribution is 2.49. The van der Waals surface area contributed by atoms with Gasteiger partial charge in [0.15, 0.2) is 6.71 Å². The molecule has 2 aliphatic rings. The lowest BCUT2D eigenvalue weighted by Crippen LogP contribution is -2.38. The van der Waals surface area contributed by atoms with Gasteiger partial charge in [-0.2, -0.15) is 0 Å². The fourth-order valence-corrected chi connectivity index (χ4v) is 4.85. The van der Waals surface area contributed by atoms with Gasteiger partial charge in [0.25, 0.3) is 0 Å². The second-order valence-electron chi connectivity index (χ2n) is 6.59. The number of hydrogen-bond acceptors (Lipinski definition) is 1. The Morgan fingerprint density at radius 3 is 1.89 bits per heavy atom. The molecule has 2 saturated heterocycles. The molecule has 1 nitrogen and oxygen atoms in total. The van der Waals surface area contributed by atoms with Crippen LogP contribution in [0.5, 0.6) is 0 Å². The molecule has 19 heavy (non-hydrogen) atoms. The molecule has 0 aromatic carbocycles. The van der Waals surface area contributed by atoms with Gasteiger partial charge in [-0.05, 0) is 19.2 Å². The van der Waals surface area contributed by atoms with Crippen LogP contribution in [0.2, 0.25) is 18.0 Å². The highest BCUT2D eigenvalue weighted by atomic mass is 16.2. The molecule has 1 N–H and O–H groups in total. The zero-order valence-electron chi connectivity index (χ0n) is 13.1. The van der Waals surface area contributed by atoms with E-state index in [4.69, 9.17) is 0 Å². The van der Waals surface area contributed by atoms with Crippen LogP contribution in [0.25, 0.3) is 0 Å². The zero-order valence-corrected chi connectivity index (χ0v) is 13.1. The summed E-state index contributed by atoms with van der Waals surface area (Å²) in [4.78, 5) is 0. The lowest BCUT2D eigenvalue weighted by atomic mass is 9.22. The van der Waals surface area contributed by atoms with Gasteiger partial charge in [-0.3, -0.25) is 0 Å². The van der Waals surface area contributed by atoms with Crippen LogP contribution in [0, 0.1) is 0 Å². The maximum absolute atomic E-state index is 10.4. The van der Waals surface area contributed by atoms with E-state index in [9.17, 15) is 5.02 Å². The van der Waals surface area contributed by atoms with Crippen molar-refractivity contribution in [2.24, 2.45) is 0 Å². The van der Waals surface area contributed by atoms with Crippen LogP contribution in [0.4, 0.5) is 0 Å². The summed E-state index contributed by atoms with van der Waals surface area (Å²) in [6.07, 6.45) is 11.7. The van der Waals surface area contributed by atoms with Gasteiger partial charge >= 0.3 is 6.92 Å². The van der Waals surface area contributed by atoms with E-state index in [0.29, 0.717) is 0 Å². The summed E-state index contributed by atoms with van der Waals surface area (Å²) >= 11 is 0. The van der Waals surface area contributed by atoms with Crippen molar-refractivity contribution >= 4 is 13.6 Å². The molecule has 0 aromatic heterocycles. The second kappa shape index (κ2) is 7.02. The van der Waals surface area contributed by atoms with E-state index >= 15 is 0 Å². The molecule has 0 aromatic rings. The van der Waals surface area contributed by atoms with E-state index in [1.165, 1.54) is 44.0 Å². The Kier molecular flexibility index (Phi) is 5.62. The topological polar surface area (TPSA) is 20.2 Å². The zero-order chi connectivity index (χ0) is 13.8. The summed E-state index contributed by atoms with van der Waals surface area (Å²) in [6, 6.07) is 0. The van der Waals surface area contributed by atoms with Crippen LogP contribution in [-0.4, -0.2) is 18.7 Å². The Labute approximate surface area is 120 Å². The van der Waals surface area contributed by atoms with Crippen LogP contribution in [0.15, 0.2) is 10.9 Å². The first-order chi connectivity index (χ1) is 9.22. The first-order valence-electron chi connectivity index (χ1n) is 8.62. The van der Waals surface area contributed by atoms with Crippen LogP contribution in [0.1, 0.15) is 72.1 Å². The smallest absolute Gasteiger partial charge is 0.318 e. The summed E-state index contributed by atoms with van der Waals surface area (Å²) in [6.45, 7) is 7.25. The van der Waals surface area contributed by atoms with E-state index in [1.807, 2.05) is 0 Å². The highest BCUT2D eigenvalue weighted by molar-refractivity contribution is 6.73. The van der Waals surface area contributed by atoms with Crippen molar-refractivity contribution in [1.82, 2.24) is 0 Å². The second-order valence-corrected chi connectivity index (χ2v) is 6.59. The molecule has 0 spiro atoms. The van der Waals surface area contributed by atoms with Crippen molar-refractivity contribution in [3.8, 4) is 0 Å². The van der Waals surface area contributed by atoms with Gasteiger partial charge in [0.05, 0.1) is 0 Å². The molecule has 0 radical (unpaired) electrons. The average molecular weight is 260 g/mol. The van der Waals surface area contributed by atoms with E-state index in [-0.39, 0.29) is 6.92 Å². The van der Waals surface area contributed by atoms with Gasteiger partial charge in [-0.15, -0.1) is 5.47 Å². The third-order valence-electron chi connectivity index (χ3n) is 5.68. The van der Waals surface area contributed by atoms with Gasteiger partial charge in [0, 0.05) is 0 Å². The number of hydrogen-bond donors (Lipinski definition) is 1. The Morgan fingerprint density at radius 2 is 1.53 bits per heavy atom. The van der Waals surface area contributed by atoms with E-state index in [2.05, 4.69) is 20.8 Å². The summed E-state index contributed by atoms with van der Waals surface area (Å²) < 4.78 is 0. The molecule has 2 heterocycles. The molecule has 0 unspecified atom stereocenters. The quantitative estimate of drug-likeness (QED) is 0.704. The Bertz CT molecular complexity index is 305. The monoisotopic (exact) mass is 260 g/mol. The molecule has 0 amide bonds. The first-order valence-corrected chi connectivity index (χ1v) is 8.62. The standard InChI is InChI=1S/C16H30B2O/c1-4-15(17(19)6-3)16(5-2)18-13-9-7-10-14(18)12-8-11-13/h13-14,19H,4-12H2,1-3H3/b16-15-. The van der Waals surface area contributed by atoms with Gasteiger partial charge < -0.3 is 5.02 Å². The lowest BCUT2D eigenvalue weighted by Gasteiger charge is -2.42. The van der Waals surface area contributed by atoms with Gasteiger partial charge in [-0.1, -0.05) is 76.4 Å². The third-order valence-corrected chi connectivity index (χ3v) is 5.68. The fourth-order valence-electron chi connectivity index (χ4n) is 4.85. The average Bonchev–Trinajstić information content (AvgIpc) is 2.43. The van der Waals surface area contributed by atoms with Crippen molar-refractivity contribution in [3.05, 3.63) is 10.9 Å². The van der Waals surface area contributed by atoms with E-state index in [1.54, 1.807) is 5.47 Å². The van der Waals surface area contributed by atoms with Crippen molar-refractivity contribution in [2.75, 3.05) is 0 Å². The van der Waals surface area contributed by atoms with Gasteiger partial charge in [-0.25, -0.2) is 0 Å². The van der Waals surface area contributed by atoms with Crippen LogP contribution in [-0.2, 0) is 0 Å². The molecule has 2 aliphatic heterocycles. The normalized spacial score (nSPS) is 28.1. The molecular formula is C16H30B2O. The molecule has 106 valence electrons. The summed E-state index contributed by atoms with van der Waals surface area (Å²) in [5, 5.41) is 10.4. The summed E-state index contributed by atoms with van der Waals surface area (Å²) in [5.41, 5.74) is 3.03. The summed E-state index contributed by atoms with van der Waals surface area (Å²) in [7, 11) is 0. The third kappa shape index (κ3) is 3.12. The van der Waals surface area contributed by atoms with E-state index < -0.39 is 0 Å². The molecule has 2 fully saturated rings. The van der Waals surface area contributed by atoms with Crippen molar-refractivity contribution in [2.45, 2.75) is 90.1 Å². The number of rotatable bonds is 5. The predicted molar refractivity (Wildman–Crippen MR) is 87.0 cm³/mol. The Hall–Kier alpha value is -0.170. The van der Waals surface area contributed by atoms with Crippen molar-refractivity contribution < 1.29 is 5.02 Å². The lowest BCUT2D eigenvalue weighted by molar-refractivity contribution is 0.445. The number of allylic oxidation sites excluding steroid dienone is 2. The molecule has 2 bridgehead atoms. The maximum atomic E-state index is 10.4. The first kappa shape index (κ1) is 15.2. The minimum atomic E-state index is -0.192. The van der Waals surface area contributed by atoms with Gasteiger partial charge in [0.1, 0.15) is 0 Å². The van der Waals surface area contributed by atoms with Gasteiger partial charge in [0.2, 0.25) is 0 Å². The Morgan fingerprint density at radius 1 is 1.00 bits per heavy atom. The Balaban J connectivity index is 2.31. The minimum Gasteiger partial charge on any atom is -0.447 e. The molecule has 0 saturated carbocycles. The largest absolute Gasteiger partial charge is 0.447 e. The molecule has 0 atom stereocenters. The van der Waals surface area contributed by atoms with Crippen LogP contribution in [0.3, 0.4) is 0 Å². The fraction of sp³-hybridized carbons (Fsp3) is 0.875. The van der Waals surface area contributed by atoms with Crippen LogP contribution >= 0.6 is 0 Å². The predicted octanol–water partition coefficient (Wildman–Crippen LogP) is 4.79. The van der Waals surface area contributed by atoms with Crippen molar-refractivity contribution in [3.63, 3.8) is 0 Å². The maximum Gasteiger partial charge on any atom is 0.318 e. The number of fused-ring (bicyclic) bond motifs is 2. The molecule has 0 aliphatic carbocycles. The SMILES string of the molecule is CCB(O)/C(CC)=C(/CC)B1C2CCCC1CCC2. The van der Waals surface area contributed by atoms with E-state index in [0.717, 1.165) is 37.5 Å². The summed E-state index contributed by atoms with van der Waals surface area (Å²) in [5.74, 6) is 1.85. The molecule has 3 heteroatoms. The van der Waals surface area contributed by atoms with Crippen LogP contribution < -0.4 is 0 Å². The highest BCUT2D eigenvalue weighted by Gasteiger charge is 2.41. The van der Waals surface area contributed by atoms with Crippen molar-refractivity contribution in [1.29, 1.82) is 0 Å². The molecule has 2 rings (SSSR count). The molecular weight excluding hydrogens is 230 g/mol. The minimum absolute atomic E-state index is 0.192.